The second-order valence-electron chi connectivity index (χ2n) is 4.42. The molecule has 0 spiro atoms. The maximum absolute atomic E-state index is 4.00. The molecule has 0 rings (SSSR count). The largest absolute Gasteiger partial charge is 0.389 e. The summed E-state index contributed by atoms with van der Waals surface area (Å²) in [6, 6.07) is 0.556. The quantitative estimate of drug-likeness (QED) is 0.644. The van der Waals surface area contributed by atoms with E-state index in [1.165, 1.54) is 25.7 Å². The molecule has 0 heterocycles. The summed E-state index contributed by atoms with van der Waals surface area (Å²) < 4.78 is 0. The molecular weight excluding hydrogens is 206 g/mol. The van der Waals surface area contributed by atoms with Crippen LogP contribution in [-0.2, 0) is 0 Å². The van der Waals surface area contributed by atoms with E-state index < -0.39 is 0 Å². The van der Waals surface area contributed by atoms with Crippen molar-refractivity contribution in [3.8, 4) is 12.8 Å². The van der Waals surface area contributed by atoms with Crippen molar-refractivity contribution in [3.05, 3.63) is 12.3 Å². The molecule has 1 atom stereocenters. The van der Waals surface area contributed by atoms with Gasteiger partial charge in [-0.1, -0.05) is 59.5 Å². The molecule has 17 heavy (non-hydrogen) atoms. The summed E-state index contributed by atoms with van der Waals surface area (Å²) in [5.74, 6) is 0.700. The van der Waals surface area contributed by atoms with Crippen molar-refractivity contribution >= 4 is 0 Å². The van der Waals surface area contributed by atoms with Crippen molar-refractivity contribution in [1.29, 1.82) is 0 Å². The van der Waals surface area contributed by atoms with Gasteiger partial charge < -0.3 is 5.32 Å². The molecule has 1 nitrogen and oxygen atoms in total. The number of allylic oxidation sites excluding steroid dienone is 1. The molecule has 0 aliphatic rings. The summed E-state index contributed by atoms with van der Waals surface area (Å²) in [5.41, 5.74) is 0. The Kier molecular flexibility index (Phi) is 25.8. The van der Waals surface area contributed by atoms with E-state index in [4.69, 9.17) is 0 Å². The minimum atomic E-state index is 0.556. The minimum absolute atomic E-state index is 0.556. The Morgan fingerprint density at radius 3 is 1.71 bits per heavy atom. The minimum Gasteiger partial charge on any atom is -0.389 e. The summed E-state index contributed by atoms with van der Waals surface area (Å²) in [7, 11) is 0. The molecule has 0 saturated carbocycles. The van der Waals surface area contributed by atoms with Crippen LogP contribution in [0.2, 0.25) is 0 Å². The molecule has 1 heteroatoms. The third kappa shape index (κ3) is 31.3. The van der Waals surface area contributed by atoms with Gasteiger partial charge in [-0.05, 0) is 26.0 Å². The summed E-state index contributed by atoms with van der Waals surface area (Å²) in [5, 5.41) is 3.23. The number of nitrogens with one attached hydrogen (secondary N) is 1. The average Bonchev–Trinajstić information content (AvgIpc) is 2.33. The smallest absolute Gasteiger partial charge is 0.0199 e. The number of rotatable bonds is 6. The van der Waals surface area contributed by atoms with E-state index in [0.29, 0.717) is 12.0 Å². The van der Waals surface area contributed by atoms with Gasteiger partial charge in [0.15, 0.2) is 0 Å². The fourth-order valence-corrected chi connectivity index (χ4v) is 0.902. The number of hydrogen-bond acceptors (Lipinski definition) is 1. The Morgan fingerprint density at radius 1 is 1.00 bits per heavy atom. The maximum Gasteiger partial charge on any atom is 0.0199 e. The van der Waals surface area contributed by atoms with Gasteiger partial charge in [-0.25, -0.2) is 0 Å². The lowest BCUT2D eigenvalue weighted by Gasteiger charge is -2.04. The first-order chi connectivity index (χ1) is 8.08. The summed E-state index contributed by atoms with van der Waals surface area (Å²) >= 11 is 0. The van der Waals surface area contributed by atoms with E-state index in [1.807, 2.05) is 0 Å². The Morgan fingerprint density at radius 2 is 1.47 bits per heavy atom. The monoisotopic (exact) mass is 239 g/mol. The zero-order valence-corrected chi connectivity index (χ0v) is 12.8. The molecule has 102 valence electrons. The van der Waals surface area contributed by atoms with E-state index >= 15 is 0 Å². The van der Waals surface area contributed by atoms with Crippen LogP contribution in [0.1, 0.15) is 67.2 Å². The average molecular weight is 239 g/mol. The van der Waals surface area contributed by atoms with Gasteiger partial charge in [0.2, 0.25) is 0 Å². The Balaban J connectivity index is -0.000000236. The van der Waals surface area contributed by atoms with Gasteiger partial charge in [0.25, 0.3) is 0 Å². The number of unbranched alkanes of at least 4 members (excludes halogenated alkanes) is 2. The number of terminal acetylenes is 1. The summed E-state index contributed by atoms with van der Waals surface area (Å²) in [6.07, 6.45) is 17.6. The van der Waals surface area contributed by atoms with Gasteiger partial charge >= 0.3 is 0 Å². The second-order valence-corrected chi connectivity index (χ2v) is 4.42. The van der Waals surface area contributed by atoms with Gasteiger partial charge in [-0.3, -0.25) is 0 Å². The van der Waals surface area contributed by atoms with Gasteiger partial charge in [0.1, 0.15) is 0 Å². The highest BCUT2D eigenvalue weighted by atomic mass is 14.9. The normalized spacial score (nSPS) is 11.1. The van der Waals surface area contributed by atoms with Crippen LogP contribution in [0.15, 0.2) is 12.3 Å². The van der Waals surface area contributed by atoms with Crippen LogP contribution in [0.4, 0.5) is 0 Å². The SMILES string of the molecule is C#C.CCC(C)/C=C\NC(C)C.CCCCC. The van der Waals surface area contributed by atoms with Gasteiger partial charge in [0.05, 0.1) is 0 Å². The van der Waals surface area contributed by atoms with Crippen molar-refractivity contribution in [3.63, 3.8) is 0 Å². The Labute approximate surface area is 110 Å². The lowest BCUT2D eigenvalue weighted by molar-refractivity contribution is 0.666. The molecule has 0 aromatic carbocycles. The topological polar surface area (TPSA) is 12.0 Å². The molecule has 0 saturated heterocycles. The molecule has 0 aliphatic heterocycles. The van der Waals surface area contributed by atoms with Crippen LogP contribution in [0.5, 0.6) is 0 Å². The molecule has 0 amide bonds. The Hall–Kier alpha value is -0.900. The summed E-state index contributed by atoms with van der Waals surface area (Å²) in [4.78, 5) is 0. The van der Waals surface area contributed by atoms with Gasteiger partial charge in [-0.15, -0.1) is 12.8 Å². The van der Waals surface area contributed by atoms with Crippen molar-refractivity contribution < 1.29 is 0 Å². The predicted molar refractivity (Wildman–Crippen MR) is 82.0 cm³/mol. The zero-order valence-electron chi connectivity index (χ0n) is 12.8. The van der Waals surface area contributed by atoms with Crippen molar-refractivity contribution in [2.24, 2.45) is 5.92 Å². The van der Waals surface area contributed by atoms with E-state index in [0.717, 1.165) is 0 Å². The van der Waals surface area contributed by atoms with Crippen LogP contribution in [0, 0.1) is 18.8 Å². The first-order valence-corrected chi connectivity index (χ1v) is 6.84. The molecule has 0 bridgehead atoms. The van der Waals surface area contributed by atoms with Crippen molar-refractivity contribution in [2.45, 2.75) is 73.3 Å². The second kappa shape index (κ2) is 20.5. The molecule has 0 aromatic heterocycles. The van der Waals surface area contributed by atoms with Crippen LogP contribution >= 0.6 is 0 Å². The van der Waals surface area contributed by atoms with E-state index in [-0.39, 0.29) is 0 Å². The first-order valence-electron chi connectivity index (χ1n) is 6.84. The molecule has 0 aromatic rings. The fraction of sp³-hybridized carbons (Fsp3) is 0.750. The first kappa shape index (κ1) is 21.4. The third-order valence-corrected chi connectivity index (χ3v) is 2.21. The molecule has 0 radical (unpaired) electrons. The zero-order chi connectivity index (χ0) is 14.1. The van der Waals surface area contributed by atoms with E-state index in [1.54, 1.807) is 0 Å². The third-order valence-electron chi connectivity index (χ3n) is 2.21. The lowest BCUT2D eigenvalue weighted by atomic mass is 10.1. The summed E-state index contributed by atoms with van der Waals surface area (Å²) in [6.45, 7) is 13.1. The van der Waals surface area contributed by atoms with Crippen LogP contribution in [-0.4, -0.2) is 6.04 Å². The standard InChI is InChI=1S/C9H19N.C5H12.C2H2/c1-5-9(4)6-7-10-8(2)3;1-3-5-4-2;1-2/h6-10H,5H2,1-4H3;3-5H2,1-2H3;1-2H/b7-6-;;. The molecular formula is C16H33N. The van der Waals surface area contributed by atoms with Gasteiger partial charge in [-0.2, -0.15) is 0 Å². The maximum atomic E-state index is 4.00. The lowest BCUT2D eigenvalue weighted by Crippen LogP contribution is -2.15. The van der Waals surface area contributed by atoms with Crippen molar-refractivity contribution in [2.75, 3.05) is 0 Å². The fourth-order valence-electron chi connectivity index (χ4n) is 0.902. The van der Waals surface area contributed by atoms with Crippen LogP contribution in [0.25, 0.3) is 0 Å². The highest BCUT2D eigenvalue weighted by molar-refractivity contribution is 4.84. The Bertz CT molecular complexity index is 154. The van der Waals surface area contributed by atoms with Crippen LogP contribution < -0.4 is 5.32 Å². The highest BCUT2D eigenvalue weighted by Crippen LogP contribution is 2.00. The van der Waals surface area contributed by atoms with Gasteiger partial charge in [0, 0.05) is 6.04 Å². The highest BCUT2D eigenvalue weighted by Gasteiger charge is 1.89. The predicted octanol–water partition coefficient (Wildman–Crippen LogP) is 4.99. The molecule has 1 unspecified atom stereocenters. The van der Waals surface area contributed by atoms with E-state index in [2.05, 4.69) is 72.0 Å². The van der Waals surface area contributed by atoms with E-state index in [9.17, 15) is 0 Å². The molecule has 0 fully saturated rings. The number of hydrogen-bond donors (Lipinski definition) is 1. The van der Waals surface area contributed by atoms with Crippen molar-refractivity contribution in [1.82, 2.24) is 5.32 Å². The molecule has 1 N–H and O–H groups in total. The molecule has 0 aliphatic carbocycles. The van der Waals surface area contributed by atoms with Crippen LogP contribution in [0.3, 0.4) is 0 Å².